The number of hydrogen-bond acceptors (Lipinski definition) is 12. The molecule has 15 heteroatoms. The van der Waals surface area contributed by atoms with Crippen LogP contribution in [0.3, 0.4) is 0 Å². The third-order valence-corrected chi connectivity index (χ3v) is 5.81. The molecule has 1 aromatic carbocycles. The number of carbonyl (C=O) groups is 2. The minimum Gasteiger partial charge on any atom is -0.755 e. The molecule has 0 saturated carbocycles. The van der Waals surface area contributed by atoms with Crippen LogP contribution in [0.5, 0.6) is 23.1 Å². The third kappa shape index (κ3) is 6.11. The van der Waals surface area contributed by atoms with Crippen molar-refractivity contribution in [2.24, 2.45) is 5.73 Å². The highest BCUT2D eigenvalue weighted by molar-refractivity contribution is 7.81. The van der Waals surface area contributed by atoms with E-state index in [0.717, 1.165) is 9.87 Å². The molecule has 0 radical (unpaired) electrons. The van der Waals surface area contributed by atoms with Crippen molar-refractivity contribution in [1.82, 2.24) is 19.9 Å². The van der Waals surface area contributed by atoms with Crippen LogP contribution in [0, 0.1) is 6.92 Å². The third-order valence-electron chi connectivity index (χ3n) is 5.16. The number of esters is 1. The van der Waals surface area contributed by atoms with Crippen molar-refractivity contribution >= 4 is 35.0 Å². The van der Waals surface area contributed by atoms with E-state index < -0.39 is 23.3 Å². The van der Waals surface area contributed by atoms with E-state index in [0.29, 0.717) is 5.75 Å². The summed E-state index contributed by atoms with van der Waals surface area (Å²) in [6, 6.07) is 12.5. The molecule has 1 atom stereocenters. The summed E-state index contributed by atoms with van der Waals surface area (Å²) in [6.07, 6.45) is 1.41. The summed E-state index contributed by atoms with van der Waals surface area (Å²) in [5, 5.41) is 0. The van der Waals surface area contributed by atoms with E-state index in [-0.39, 0.29) is 46.1 Å². The lowest BCUT2D eigenvalue weighted by atomic mass is 10.2. The highest BCUT2D eigenvalue weighted by atomic mass is 32.2. The van der Waals surface area contributed by atoms with Crippen LogP contribution in [0.1, 0.15) is 16.1 Å². The van der Waals surface area contributed by atoms with Gasteiger partial charge < -0.3 is 29.2 Å². The van der Waals surface area contributed by atoms with E-state index in [9.17, 15) is 18.4 Å². The highest BCUT2D eigenvalue weighted by Gasteiger charge is 2.27. The molecule has 1 amide bonds. The van der Waals surface area contributed by atoms with Gasteiger partial charge in [0.05, 0.1) is 25.5 Å². The maximum atomic E-state index is 12.6. The summed E-state index contributed by atoms with van der Waals surface area (Å²) in [5.41, 5.74) is 5.63. The Bertz CT molecular complexity index is 1580. The van der Waals surface area contributed by atoms with E-state index in [1.54, 1.807) is 37.3 Å². The Labute approximate surface area is 230 Å². The number of aryl methyl sites for hydroxylation is 1. The van der Waals surface area contributed by atoms with Crippen LogP contribution in [-0.4, -0.2) is 55.0 Å². The van der Waals surface area contributed by atoms with Crippen LogP contribution in [-0.2, 0) is 16.0 Å². The van der Waals surface area contributed by atoms with Gasteiger partial charge in [-0.15, -0.1) is 0 Å². The molecular weight excluding hydrogens is 544 g/mol. The largest absolute Gasteiger partial charge is 0.755 e. The first kappa shape index (κ1) is 27.9. The highest BCUT2D eigenvalue weighted by Crippen LogP contribution is 2.44. The molecule has 206 valence electrons. The number of hydrogen-bond donors (Lipinski definition) is 1. The van der Waals surface area contributed by atoms with Crippen LogP contribution in [0.4, 0.5) is 16.4 Å². The zero-order valence-corrected chi connectivity index (χ0v) is 22.1. The van der Waals surface area contributed by atoms with E-state index in [2.05, 4.69) is 24.7 Å². The Hall–Kier alpha value is -5.15. The van der Waals surface area contributed by atoms with Gasteiger partial charge in [0.2, 0.25) is 5.75 Å². The predicted molar refractivity (Wildman–Crippen MR) is 140 cm³/mol. The van der Waals surface area contributed by atoms with Gasteiger partial charge in [-0.2, -0.15) is 4.98 Å². The summed E-state index contributed by atoms with van der Waals surface area (Å²) in [4.78, 5) is 40.1. The molecule has 14 nitrogen and oxygen atoms in total. The van der Waals surface area contributed by atoms with Crippen molar-refractivity contribution in [3.63, 3.8) is 0 Å². The van der Waals surface area contributed by atoms with Crippen LogP contribution in [0.2, 0.25) is 0 Å². The van der Waals surface area contributed by atoms with Gasteiger partial charge >= 0.3 is 12.1 Å². The molecule has 1 unspecified atom stereocenters. The number of anilines is 2. The van der Waals surface area contributed by atoms with E-state index >= 15 is 0 Å². The number of benzene rings is 1. The van der Waals surface area contributed by atoms with Crippen LogP contribution < -0.4 is 24.2 Å². The van der Waals surface area contributed by atoms with E-state index in [4.69, 9.17) is 19.9 Å². The number of pyridine rings is 2. The molecule has 3 heterocycles. The minimum absolute atomic E-state index is 0.00373. The molecule has 4 rings (SSSR count). The Morgan fingerprint density at radius 2 is 1.75 bits per heavy atom. The standard InChI is InChI=1S/C25H22N6O8S/c1-14-8-9-19(28-13-14)31(40(34)35)22-20(38-18-7-5-4-6-17(18)36-2)23(37-3)30-21(29-22)15-10-11-27-16(12-15)24(32)39-25(26)33/h4-13H,1-3H3,(H2,26,33)(H,34,35)/p-1. The smallest absolute Gasteiger partial charge is 0.412 e. The fourth-order valence-corrected chi connectivity index (χ4v) is 3.91. The molecule has 0 aliphatic carbocycles. The zero-order chi connectivity index (χ0) is 28.8. The molecule has 4 aromatic rings. The second-order valence-electron chi connectivity index (χ2n) is 7.81. The number of nitrogens with two attached hydrogens (primary N) is 1. The molecule has 3 aromatic heterocycles. The maximum absolute atomic E-state index is 12.6. The van der Waals surface area contributed by atoms with Crippen LogP contribution in [0.25, 0.3) is 11.4 Å². The van der Waals surface area contributed by atoms with Gasteiger partial charge in [-0.05, 0) is 42.8 Å². The number of carbonyl (C=O) groups excluding carboxylic acids is 2. The van der Waals surface area contributed by atoms with Crippen molar-refractivity contribution in [3.8, 4) is 34.5 Å². The topological polar surface area (TPSA) is 192 Å². The Kier molecular flexibility index (Phi) is 8.46. The average Bonchev–Trinajstić information content (AvgIpc) is 2.94. The first-order valence-electron chi connectivity index (χ1n) is 11.3. The lowest BCUT2D eigenvalue weighted by Gasteiger charge is -2.27. The molecule has 0 fully saturated rings. The molecule has 0 aliphatic heterocycles. The number of rotatable bonds is 9. The summed E-state index contributed by atoms with van der Waals surface area (Å²) >= 11 is -2.95. The van der Waals surface area contributed by atoms with Crippen LogP contribution in [0.15, 0.2) is 60.9 Å². The maximum Gasteiger partial charge on any atom is 0.412 e. The average molecular weight is 566 g/mol. The number of aromatic nitrogens is 4. The number of primary amides is 1. The molecule has 40 heavy (non-hydrogen) atoms. The summed E-state index contributed by atoms with van der Waals surface area (Å²) in [7, 11) is 2.75. The Morgan fingerprint density at radius 3 is 2.38 bits per heavy atom. The molecule has 0 bridgehead atoms. The van der Waals surface area contributed by atoms with Gasteiger partial charge in [0.15, 0.2) is 23.1 Å². The molecule has 0 saturated heterocycles. The predicted octanol–water partition coefficient (Wildman–Crippen LogP) is 3.22. The van der Waals surface area contributed by atoms with Crippen LogP contribution >= 0.6 is 0 Å². The minimum atomic E-state index is -2.95. The first-order chi connectivity index (χ1) is 19.2. The summed E-state index contributed by atoms with van der Waals surface area (Å²) in [6.45, 7) is 1.79. The second kappa shape index (κ2) is 12.1. The van der Waals surface area contributed by atoms with Crippen molar-refractivity contribution in [3.05, 3.63) is 72.2 Å². The Balaban J connectivity index is 1.95. The van der Waals surface area contributed by atoms with Crippen molar-refractivity contribution in [2.45, 2.75) is 6.92 Å². The zero-order valence-electron chi connectivity index (χ0n) is 21.3. The quantitative estimate of drug-likeness (QED) is 0.177. The molecule has 2 N–H and O–H groups in total. The van der Waals surface area contributed by atoms with Crippen molar-refractivity contribution in [1.29, 1.82) is 0 Å². The lowest BCUT2D eigenvalue weighted by molar-refractivity contribution is 0.0632. The summed E-state index contributed by atoms with van der Waals surface area (Å²) in [5.74, 6) is -1.24. The monoisotopic (exact) mass is 565 g/mol. The number of para-hydroxylation sites is 2. The number of methoxy groups -OCH3 is 2. The molecular formula is C25H21N6O8S-. The summed E-state index contributed by atoms with van der Waals surface area (Å²) < 4.78 is 47.3. The fourth-order valence-electron chi connectivity index (χ4n) is 3.39. The SMILES string of the molecule is COc1ccccc1Oc1c(OC)nc(-c2ccnc(C(=O)OC(N)=O)c2)nc1N(c1ccc(C)cn1)S(=O)[O-]. The fraction of sp³-hybridized carbons (Fsp3) is 0.120. The van der Waals surface area contributed by atoms with Crippen molar-refractivity contribution in [2.75, 3.05) is 18.5 Å². The van der Waals surface area contributed by atoms with Crippen molar-refractivity contribution < 1.29 is 37.3 Å². The first-order valence-corrected chi connectivity index (χ1v) is 12.3. The number of ether oxygens (including phenoxy) is 4. The molecule has 0 aliphatic rings. The Morgan fingerprint density at radius 1 is 1.00 bits per heavy atom. The van der Waals surface area contributed by atoms with Gasteiger partial charge in [-0.1, -0.05) is 18.2 Å². The van der Waals surface area contributed by atoms with Gasteiger partial charge in [0.1, 0.15) is 11.5 Å². The van der Waals surface area contributed by atoms with E-state index in [1.807, 2.05) is 0 Å². The van der Waals surface area contributed by atoms with Gasteiger partial charge in [-0.25, -0.2) is 28.8 Å². The normalized spacial score (nSPS) is 11.3. The van der Waals surface area contributed by atoms with Gasteiger partial charge in [0.25, 0.3) is 5.88 Å². The number of nitrogens with zero attached hydrogens (tertiary/aromatic N) is 5. The number of amides is 1. The second-order valence-corrected chi connectivity index (χ2v) is 8.61. The van der Waals surface area contributed by atoms with E-state index in [1.165, 1.54) is 44.8 Å². The van der Waals surface area contributed by atoms with Gasteiger partial charge in [-0.3, -0.25) is 4.21 Å². The van der Waals surface area contributed by atoms with Gasteiger partial charge in [0, 0.05) is 18.0 Å². The molecule has 0 spiro atoms. The lowest BCUT2D eigenvalue weighted by Crippen LogP contribution is -2.23.